The quantitative estimate of drug-likeness (QED) is 0.512. The number of hydrogen-bond acceptors (Lipinski definition) is 5. The van der Waals surface area contributed by atoms with E-state index in [-0.39, 0.29) is 35.8 Å². The lowest BCUT2D eigenvalue weighted by atomic mass is 10.1. The van der Waals surface area contributed by atoms with Gasteiger partial charge in [-0.3, -0.25) is 19.7 Å². The van der Waals surface area contributed by atoms with Gasteiger partial charge in [-0.05, 0) is 44.5 Å². The van der Waals surface area contributed by atoms with Crippen LogP contribution in [0.3, 0.4) is 0 Å². The lowest BCUT2D eigenvalue weighted by Gasteiger charge is -2.13. The van der Waals surface area contributed by atoms with E-state index in [1.165, 1.54) is 12.1 Å². The first-order valence-electron chi connectivity index (χ1n) is 8.46. The molecule has 0 aromatic heterocycles. The molecule has 3 N–H and O–H groups in total. The van der Waals surface area contributed by atoms with Crippen molar-refractivity contribution in [2.24, 2.45) is 0 Å². The maximum Gasteiger partial charge on any atom is 0.292 e. The molecule has 2 amide bonds. The van der Waals surface area contributed by atoms with Gasteiger partial charge in [0.1, 0.15) is 5.69 Å². The van der Waals surface area contributed by atoms with Crippen LogP contribution in [-0.2, 0) is 4.79 Å². The van der Waals surface area contributed by atoms with Crippen molar-refractivity contribution < 1.29 is 14.5 Å². The van der Waals surface area contributed by atoms with Crippen molar-refractivity contribution in [3.63, 3.8) is 0 Å². The van der Waals surface area contributed by atoms with Crippen LogP contribution in [0.1, 0.15) is 29.8 Å². The first-order chi connectivity index (χ1) is 12.8. The van der Waals surface area contributed by atoms with E-state index in [4.69, 9.17) is 0 Å². The highest BCUT2D eigenvalue weighted by molar-refractivity contribution is 5.99. The number of rotatable bonds is 7. The molecule has 0 aliphatic rings. The van der Waals surface area contributed by atoms with Gasteiger partial charge in [-0.15, -0.1) is 0 Å². The molecule has 142 valence electrons. The van der Waals surface area contributed by atoms with Crippen LogP contribution in [0.4, 0.5) is 17.1 Å². The molecule has 2 aromatic rings. The molecule has 27 heavy (non-hydrogen) atoms. The van der Waals surface area contributed by atoms with Crippen molar-refractivity contribution in [3.05, 3.63) is 63.7 Å². The maximum absolute atomic E-state index is 12.2. The molecule has 2 aromatic carbocycles. The normalized spacial score (nSPS) is 10.4. The van der Waals surface area contributed by atoms with E-state index in [1.807, 2.05) is 20.8 Å². The number of anilines is 2. The molecule has 8 heteroatoms. The average Bonchev–Trinajstić information content (AvgIpc) is 2.61. The predicted octanol–water partition coefficient (Wildman–Crippen LogP) is 3.09. The molecular weight excluding hydrogens is 348 g/mol. The van der Waals surface area contributed by atoms with E-state index >= 15 is 0 Å². The van der Waals surface area contributed by atoms with Gasteiger partial charge in [0.2, 0.25) is 5.91 Å². The molecule has 2 rings (SSSR count). The minimum absolute atomic E-state index is 0.000935. The molecule has 0 radical (unpaired) electrons. The van der Waals surface area contributed by atoms with Gasteiger partial charge in [-0.25, -0.2) is 0 Å². The smallest absolute Gasteiger partial charge is 0.292 e. The summed E-state index contributed by atoms with van der Waals surface area (Å²) >= 11 is 0. The Kier molecular flexibility index (Phi) is 6.48. The van der Waals surface area contributed by atoms with Crippen molar-refractivity contribution in [3.8, 4) is 0 Å². The number of carbonyl (C=O) groups is 2. The minimum Gasteiger partial charge on any atom is -0.371 e. The standard InChI is InChI=1S/C19H22N4O4/c1-12(2)21-19(25)15-10-14(9-8-13(15)3)22-18(24)11-20-16-6-4-5-7-17(16)23(26)27/h4-10,12,20H,11H2,1-3H3,(H,21,25)(H,22,24). The zero-order chi connectivity index (χ0) is 20.0. The molecule has 0 saturated carbocycles. The number of aryl methyl sites for hydroxylation is 1. The van der Waals surface area contributed by atoms with Gasteiger partial charge in [0.05, 0.1) is 11.5 Å². The second-order valence-corrected chi connectivity index (χ2v) is 6.33. The predicted molar refractivity (Wildman–Crippen MR) is 104 cm³/mol. The highest BCUT2D eigenvalue weighted by atomic mass is 16.6. The maximum atomic E-state index is 12.2. The number of amides is 2. The Bertz CT molecular complexity index is 865. The third kappa shape index (κ3) is 5.53. The molecule has 0 aliphatic heterocycles. The Morgan fingerprint density at radius 2 is 1.85 bits per heavy atom. The number of nitro groups is 1. The largest absolute Gasteiger partial charge is 0.371 e. The molecule has 8 nitrogen and oxygen atoms in total. The first-order valence-corrected chi connectivity index (χ1v) is 8.46. The molecule has 0 saturated heterocycles. The lowest BCUT2D eigenvalue weighted by molar-refractivity contribution is -0.383. The number of nitrogens with one attached hydrogen (secondary N) is 3. The molecule has 0 aliphatic carbocycles. The monoisotopic (exact) mass is 370 g/mol. The van der Waals surface area contributed by atoms with E-state index in [0.29, 0.717) is 11.3 Å². The van der Waals surface area contributed by atoms with Gasteiger partial charge in [-0.2, -0.15) is 0 Å². The molecule has 0 heterocycles. The number of benzene rings is 2. The van der Waals surface area contributed by atoms with Crippen LogP contribution in [0.2, 0.25) is 0 Å². The van der Waals surface area contributed by atoms with Crippen molar-refractivity contribution >= 4 is 28.9 Å². The van der Waals surface area contributed by atoms with Crippen LogP contribution in [-0.4, -0.2) is 29.3 Å². The fourth-order valence-electron chi connectivity index (χ4n) is 2.45. The van der Waals surface area contributed by atoms with Crippen LogP contribution in [0.5, 0.6) is 0 Å². The summed E-state index contributed by atoms with van der Waals surface area (Å²) < 4.78 is 0. The summed E-state index contributed by atoms with van der Waals surface area (Å²) in [6.07, 6.45) is 0. The van der Waals surface area contributed by atoms with E-state index in [9.17, 15) is 19.7 Å². The van der Waals surface area contributed by atoms with Crippen molar-refractivity contribution in [2.45, 2.75) is 26.8 Å². The Labute approximate surface area is 157 Å². The fourth-order valence-corrected chi connectivity index (χ4v) is 2.45. The number of hydrogen-bond donors (Lipinski definition) is 3. The van der Waals surface area contributed by atoms with Gasteiger partial charge in [0.15, 0.2) is 0 Å². The van der Waals surface area contributed by atoms with Crippen LogP contribution < -0.4 is 16.0 Å². The third-order valence-electron chi connectivity index (χ3n) is 3.73. The van der Waals surface area contributed by atoms with E-state index < -0.39 is 4.92 Å². The zero-order valence-corrected chi connectivity index (χ0v) is 15.4. The Morgan fingerprint density at radius 1 is 1.15 bits per heavy atom. The van der Waals surface area contributed by atoms with Crippen LogP contribution in [0.15, 0.2) is 42.5 Å². The summed E-state index contributed by atoms with van der Waals surface area (Å²) in [6, 6.07) is 11.2. The van der Waals surface area contributed by atoms with E-state index in [0.717, 1.165) is 5.56 Å². The minimum atomic E-state index is -0.514. The van der Waals surface area contributed by atoms with Gasteiger partial charge < -0.3 is 16.0 Å². The Balaban J connectivity index is 2.04. The lowest BCUT2D eigenvalue weighted by Crippen LogP contribution is -2.30. The second kappa shape index (κ2) is 8.79. The second-order valence-electron chi connectivity index (χ2n) is 6.33. The summed E-state index contributed by atoms with van der Waals surface area (Å²) in [6.45, 7) is 5.41. The van der Waals surface area contributed by atoms with E-state index in [1.54, 1.807) is 30.3 Å². The summed E-state index contributed by atoms with van der Waals surface area (Å²) in [5, 5.41) is 19.3. The fraction of sp³-hybridized carbons (Fsp3) is 0.263. The summed E-state index contributed by atoms with van der Waals surface area (Å²) in [4.78, 5) is 34.9. The van der Waals surface area contributed by atoms with E-state index in [2.05, 4.69) is 16.0 Å². The summed E-state index contributed by atoms with van der Waals surface area (Å²) in [5.74, 6) is -0.594. The van der Waals surface area contributed by atoms with Crippen LogP contribution in [0, 0.1) is 17.0 Å². The number of nitrogens with zero attached hydrogens (tertiary/aromatic N) is 1. The summed E-state index contributed by atoms with van der Waals surface area (Å²) in [7, 11) is 0. The Morgan fingerprint density at radius 3 is 2.52 bits per heavy atom. The van der Waals surface area contributed by atoms with Crippen molar-refractivity contribution in [1.29, 1.82) is 0 Å². The molecular formula is C19H22N4O4. The number of para-hydroxylation sites is 2. The van der Waals surface area contributed by atoms with Crippen LogP contribution in [0.25, 0.3) is 0 Å². The zero-order valence-electron chi connectivity index (χ0n) is 15.4. The Hall–Kier alpha value is -3.42. The summed E-state index contributed by atoms with van der Waals surface area (Å²) in [5.41, 5.74) is 1.91. The highest BCUT2D eigenvalue weighted by Gasteiger charge is 2.14. The van der Waals surface area contributed by atoms with Crippen molar-refractivity contribution in [1.82, 2.24) is 5.32 Å². The van der Waals surface area contributed by atoms with Gasteiger partial charge >= 0.3 is 0 Å². The van der Waals surface area contributed by atoms with Gasteiger partial charge in [0, 0.05) is 23.4 Å². The highest BCUT2D eigenvalue weighted by Crippen LogP contribution is 2.23. The molecule has 0 bridgehead atoms. The first kappa shape index (κ1) is 19.9. The molecule has 0 fully saturated rings. The third-order valence-corrected chi connectivity index (χ3v) is 3.73. The number of carbonyl (C=O) groups excluding carboxylic acids is 2. The molecule has 0 unspecified atom stereocenters. The van der Waals surface area contributed by atoms with Crippen LogP contribution >= 0.6 is 0 Å². The molecule has 0 atom stereocenters. The van der Waals surface area contributed by atoms with Crippen molar-refractivity contribution in [2.75, 3.05) is 17.2 Å². The van der Waals surface area contributed by atoms with Gasteiger partial charge in [-0.1, -0.05) is 18.2 Å². The number of nitro benzene ring substituents is 1. The SMILES string of the molecule is Cc1ccc(NC(=O)CNc2ccccc2[N+](=O)[O-])cc1C(=O)NC(C)C. The molecule has 0 spiro atoms. The van der Waals surface area contributed by atoms with Gasteiger partial charge in [0.25, 0.3) is 11.6 Å². The average molecular weight is 370 g/mol. The topological polar surface area (TPSA) is 113 Å².